The van der Waals surface area contributed by atoms with Crippen LogP contribution in [0, 0.1) is 0 Å². The van der Waals surface area contributed by atoms with Crippen molar-refractivity contribution in [3.63, 3.8) is 0 Å². The summed E-state index contributed by atoms with van der Waals surface area (Å²) in [7, 11) is 3.76. The predicted octanol–water partition coefficient (Wildman–Crippen LogP) is 2.98. The molecule has 0 saturated carbocycles. The standard InChI is InChI=1S/C17H21F3N2O2/c1-22(2)11-14(23)9-21-10-15-7-8-16(24-15)12-3-5-13(6-4-12)17(18,19)20/h3-8,14,21,23H,9-11H2,1-2H3. The van der Waals surface area contributed by atoms with E-state index in [0.717, 1.165) is 12.1 Å². The highest BCUT2D eigenvalue weighted by Crippen LogP contribution is 2.31. The minimum absolute atomic E-state index is 0.425. The summed E-state index contributed by atoms with van der Waals surface area (Å²) in [6, 6.07) is 8.33. The Kier molecular flexibility index (Phi) is 6.04. The third-order valence-electron chi connectivity index (χ3n) is 3.41. The third kappa shape index (κ3) is 5.36. The van der Waals surface area contributed by atoms with Crippen molar-refractivity contribution >= 4 is 0 Å². The molecular weight excluding hydrogens is 321 g/mol. The van der Waals surface area contributed by atoms with Crippen LogP contribution in [0.4, 0.5) is 13.2 Å². The number of benzene rings is 1. The first kappa shape index (κ1) is 18.5. The highest BCUT2D eigenvalue weighted by atomic mass is 19.4. The number of hydrogen-bond donors (Lipinski definition) is 2. The number of rotatable bonds is 7. The minimum atomic E-state index is -4.34. The molecule has 2 rings (SSSR count). The van der Waals surface area contributed by atoms with E-state index in [1.54, 1.807) is 12.1 Å². The zero-order valence-corrected chi connectivity index (χ0v) is 13.6. The van der Waals surface area contributed by atoms with Crippen molar-refractivity contribution in [1.29, 1.82) is 0 Å². The van der Waals surface area contributed by atoms with Crippen LogP contribution in [0.5, 0.6) is 0 Å². The van der Waals surface area contributed by atoms with E-state index in [4.69, 9.17) is 4.42 Å². The number of likely N-dealkylation sites (N-methyl/N-ethyl adjacent to an activating group) is 1. The van der Waals surface area contributed by atoms with Gasteiger partial charge in [0.1, 0.15) is 11.5 Å². The van der Waals surface area contributed by atoms with Crippen LogP contribution in [0.3, 0.4) is 0 Å². The zero-order valence-electron chi connectivity index (χ0n) is 13.6. The van der Waals surface area contributed by atoms with Crippen LogP contribution >= 0.6 is 0 Å². The molecule has 4 nitrogen and oxygen atoms in total. The normalized spacial score (nSPS) is 13.5. The number of aliphatic hydroxyl groups is 1. The molecule has 1 aromatic carbocycles. The second-order valence-electron chi connectivity index (χ2n) is 5.89. The van der Waals surface area contributed by atoms with Crippen molar-refractivity contribution in [2.24, 2.45) is 0 Å². The number of aliphatic hydroxyl groups excluding tert-OH is 1. The van der Waals surface area contributed by atoms with Crippen LogP contribution < -0.4 is 5.32 Å². The van der Waals surface area contributed by atoms with Gasteiger partial charge in [-0.25, -0.2) is 0 Å². The van der Waals surface area contributed by atoms with Gasteiger partial charge >= 0.3 is 6.18 Å². The van der Waals surface area contributed by atoms with Gasteiger partial charge in [0, 0.05) is 18.7 Å². The first-order valence-electron chi connectivity index (χ1n) is 7.55. The molecule has 1 aromatic heterocycles. The Bertz CT molecular complexity index is 636. The summed E-state index contributed by atoms with van der Waals surface area (Å²) in [4.78, 5) is 1.89. The molecule has 0 saturated heterocycles. The molecule has 0 radical (unpaired) electrons. The molecule has 0 aliphatic heterocycles. The van der Waals surface area contributed by atoms with Gasteiger partial charge in [0.15, 0.2) is 0 Å². The molecule has 0 bridgehead atoms. The largest absolute Gasteiger partial charge is 0.460 e. The summed E-state index contributed by atoms with van der Waals surface area (Å²) in [5.41, 5.74) is -0.100. The number of nitrogens with one attached hydrogen (secondary N) is 1. The minimum Gasteiger partial charge on any atom is -0.460 e. The monoisotopic (exact) mass is 342 g/mol. The van der Waals surface area contributed by atoms with E-state index in [0.29, 0.717) is 36.7 Å². The quantitative estimate of drug-likeness (QED) is 0.812. The first-order valence-corrected chi connectivity index (χ1v) is 7.55. The van der Waals surface area contributed by atoms with Gasteiger partial charge in [-0.1, -0.05) is 12.1 Å². The molecule has 0 fully saturated rings. The van der Waals surface area contributed by atoms with E-state index in [2.05, 4.69) is 5.32 Å². The van der Waals surface area contributed by atoms with Crippen LogP contribution in [0.25, 0.3) is 11.3 Å². The van der Waals surface area contributed by atoms with Crippen LogP contribution in [0.2, 0.25) is 0 Å². The molecule has 0 aliphatic carbocycles. The Labute approximate surface area is 138 Å². The molecule has 0 aliphatic rings. The Hall–Kier alpha value is -1.83. The SMILES string of the molecule is CN(C)CC(O)CNCc1ccc(-c2ccc(C(F)(F)F)cc2)o1. The first-order chi connectivity index (χ1) is 11.3. The molecule has 1 heterocycles. The van der Waals surface area contributed by atoms with Crippen LogP contribution in [0.1, 0.15) is 11.3 Å². The van der Waals surface area contributed by atoms with E-state index >= 15 is 0 Å². The molecule has 132 valence electrons. The smallest absolute Gasteiger partial charge is 0.416 e. The molecular formula is C17H21F3N2O2. The van der Waals surface area contributed by atoms with Crippen molar-refractivity contribution in [1.82, 2.24) is 10.2 Å². The van der Waals surface area contributed by atoms with E-state index in [1.165, 1.54) is 12.1 Å². The average molecular weight is 342 g/mol. The second kappa shape index (κ2) is 7.83. The van der Waals surface area contributed by atoms with Crippen molar-refractivity contribution in [2.45, 2.75) is 18.8 Å². The lowest BCUT2D eigenvalue weighted by molar-refractivity contribution is -0.137. The summed E-state index contributed by atoms with van der Waals surface area (Å²) < 4.78 is 43.3. The Morgan fingerprint density at radius 3 is 2.38 bits per heavy atom. The van der Waals surface area contributed by atoms with Gasteiger partial charge < -0.3 is 19.7 Å². The molecule has 24 heavy (non-hydrogen) atoms. The summed E-state index contributed by atoms with van der Waals surface area (Å²) in [6.07, 6.45) is -4.83. The highest BCUT2D eigenvalue weighted by molar-refractivity contribution is 5.58. The maximum atomic E-state index is 12.6. The van der Waals surface area contributed by atoms with E-state index in [-0.39, 0.29) is 0 Å². The van der Waals surface area contributed by atoms with E-state index in [9.17, 15) is 18.3 Å². The fraction of sp³-hybridized carbons (Fsp3) is 0.412. The lowest BCUT2D eigenvalue weighted by Crippen LogP contribution is -2.34. The fourth-order valence-electron chi connectivity index (χ4n) is 2.30. The topological polar surface area (TPSA) is 48.6 Å². The Morgan fingerprint density at radius 1 is 1.12 bits per heavy atom. The van der Waals surface area contributed by atoms with Crippen molar-refractivity contribution in [3.05, 3.63) is 47.7 Å². The van der Waals surface area contributed by atoms with Gasteiger partial charge in [0.05, 0.1) is 18.2 Å². The lowest BCUT2D eigenvalue weighted by atomic mass is 10.1. The number of halogens is 3. The number of furan rings is 1. The average Bonchev–Trinajstić information content (AvgIpc) is 2.94. The maximum absolute atomic E-state index is 12.6. The molecule has 0 spiro atoms. The van der Waals surface area contributed by atoms with Crippen molar-refractivity contribution < 1.29 is 22.7 Å². The van der Waals surface area contributed by atoms with E-state index in [1.807, 2.05) is 19.0 Å². The van der Waals surface area contributed by atoms with Crippen molar-refractivity contribution in [2.75, 3.05) is 27.2 Å². The molecule has 1 unspecified atom stereocenters. The van der Waals surface area contributed by atoms with Crippen LogP contribution in [-0.4, -0.2) is 43.3 Å². The van der Waals surface area contributed by atoms with Gasteiger partial charge in [0.25, 0.3) is 0 Å². The third-order valence-corrected chi connectivity index (χ3v) is 3.41. The molecule has 1 atom stereocenters. The van der Waals surface area contributed by atoms with Crippen LogP contribution in [0.15, 0.2) is 40.8 Å². The van der Waals surface area contributed by atoms with Crippen molar-refractivity contribution in [3.8, 4) is 11.3 Å². The molecule has 2 N–H and O–H groups in total. The number of hydrogen-bond acceptors (Lipinski definition) is 4. The number of nitrogens with zero attached hydrogens (tertiary/aromatic N) is 1. The lowest BCUT2D eigenvalue weighted by Gasteiger charge is -2.15. The van der Waals surface area contributed by atoms with Crippen LogP contribution in [-0.2, 0) is 12.7 Å². The predicted molar refractivity (Wildman–Crippen MR) is 85.4 cm³/mol. The van der Waals surface area contributed by atoms with Gasteiger partial charge in [-0.2, -0.15) is 13.2 Å². The molecule has 2 aromatic rings. The fourth-order valence-corrected chi connectivity index (χ4v) is 2.30. The van der Waals surface area contributed by atoms with Gasteiger partial charge in [-0.3, -0.25) is 0 Å². The van der Waals surface area contributed by atoms with Gasteiger partial charge in [0.2, 0.25) is 0 Å². The second-order valence-corrected chi connectivity index (χ2v) is 5.89. The summed E-state index contributed by atoms with van der Waals surface area (Å²) in [5, 5.41) is 12.8. The number of alkyl halides is 3. The Morgan fingerprint density at radius 2 is 1.79 bits per heavy atom. The summed E-state index contributed by atoms with van der Waals surface area (Å²) in [6.45, 7) is 1.42. The van der Waals surface area contributed by atoms with E-state index < -0.39 is 17.8 Å². The summed E-state index contributed by atoms with van der Waals surface area (Å²) >= 11 is 0. The molecule has 0 amide bonds. The summed E-state index contributed by atoms with van der Waals surface area (Å²) in [5.74, 6) is 1.16. The highest BCUT2D eigenvalue weighted by Gasteiger charge is 2.30. The van der Waals surface area contributed by atoms with Gasteiger partial charge in [-0.15, -0.1) is 0 Å². The maximum Gasteiger partial charge on any atom is 0.416 e. The Balaban J connectivity index is 1.91. The zero-order chi connectivity index (χ0) is 17.7. The molecule has 7 heteroatoms. The van der Waals surface area contributed by atoms with Gasteiger partial charge in [-0.05, 0) is 38.4 Å².